The number of carbonyl (C=O) groups excluding carboxylic acids is 1. The van der Waals surface area contributed by atoms with Crippen LogP contribution in [0.2, 0.25) is 0 Å². The molecule has 5 nitrogen and oxygen atoms in total. The first kappa shape index (κ1) is 19.1. The number of amides is 1. The molecule has 0 radical (unpaired) electrons. The first-order valence-corrected chi connectivity index (χ1v) is 9.75. The number of nitrogens with zero attached hydrogens (tertiary/aromatic N) is 2. The Morgan fingerprint density at radius 2 is 1.83 bits per heavy atom. The molecule has 1 aliphatic heterocycles. The highest BCUT2D eigenvalue weighted by molar-refractivity contribution is 5.76. The molecule has 148 valence electrons. The van der Waals surface area contributed by atoms with Crippen LogP contribution in [0.25, 0.3) is 0 Å². The summed E-state index contributed by atoms with van der Waals surface area (Å²) < 4.78 is 13.1. The number of rotatable bonds is 5. The number of halogens is 1. The normalized spacial score (nSPS) is 13.2. The summed E-state index contributed by atoms with van der Waals surface area (Å²) in [6, 6.07) is 16.1. The summed E-state index contributed by atoms with van der Waals surface area (Å²) in [6.07, 6.45) is 2.11. The highest BCUT2D eigenvalue weighted by atomic mass is 19.1. The monoisotopic (exact) mass is 391 g/mol. The van der Waals surface area contributed by atoms with Crippen LogP contribution in [0.5, 0.6) is 0 Å². The summed E-state index contributed by atoms with van der Waals surface area (Å²) in [5.41, 5.74) is 3.11. The molecule has 0 aliphatic carbocycles. The van der Waals surface area contributed by atoms with Gasteiger partial charge in [0.1, 0.15) is 11.6 Å². The maximum atomic E-state index is 13.1. The second-order valence-corrected chi connectivity index (χ2v) is 7.29. The first-order chi connectivity index (χ1) is 14.1. The van der Waals surface area contributed by atoms with Gasteiger partial charge in [-0.3, -0.25) is 9.59 Å². The van der Waals surface area contributed by atoms with E-state index < -0.39 is 0 Å². The van der Waals surface area contributed by atoms with Crippen molar-refractivity contribution < 1.29 is 9.18 Å². The van der Waals surface area contributed by atoms with E-state index in [2.05, 4.69) is 9.97 Å². The van der Waals surface area contributed by atoms with Gasteiger partial charge in [0.05, 0.1) is 17.8 Å². The molecule has 0 spiro atoms. The number of nitrogens with one attached hydrogen (secondary N) is 1. The van der Waals surface area contributed by atoms with Gasteiger partial charge in [-0.2, -0.15) is 0 Å². The minimum Gasteiger partial charge on any atom is -0.338 e. The Hall–Kier alpha value is -3.28. The highest BCUT2D eigenvalue weighted by Gasteiger charge is 2.24. The molecule has 0 unspecified atom stereocenters. The number of benzene rings is 2. The molecule has 2 aromatic carbocycles. The maximum Gasteiger partial charge on any atom is 0.256 e. The average Bonchev–Trinajstić information content (AvgIpc) is 2.74. The molecule has 0 fully saturated rings. The van der Waals surface area contributed by atoms with Crippen molar-refractivity contribution >= 4 is 5.91 Å². The summed E-state index contributed by atoms with van der Waals surface area (Å²) in [6.45, 7) is 0.856. The second-order valence-electron chi connectivity index (χ2n) is 7.29. The third-order valence-electron chi connectivity index (χ3n) is 5.23. The van der Waals surface area contributed by atoms with Crippen molar-refractivity contribution in [2.24, 2.45) is 0 Å². The minimum absolute atomic E-state index is 0.0503. The standard InChI is InChI=1S/C23H22FN3O2/c24-18-9-6-17(7-10-18)14-21-25-20-12-13-27(15-19(20)23(29)26-21)22(28)11-8-16-4-2-1-3-5-16/h1-7,9-10H,8,11-15H2,(H,25,26,29). The van der Waals surface area contributed by atoms with Crippen LogP contribution >= 0.6 is 0 Å². The van der Waals surface area contributed by atoms with E-state index in [1.807, 2.05) is 30.3 Å². The van der Waals surface area contributed by atoms with E-state index in [0.29, 0.717) is 50.2 Å². The Labute approximate surface area is 168 Å². The lowest BCUT2D eigenvalue weighted by Gasteiger charge is -2.28. The van der Waals surface area contributed by atoms with Crippen LogP contribution in [0.3, 0.4) is 0 Å². The van der Waals surface area contributed by atoms with Gasteiger partial charge in [0.15, 0.2) is 0 Å². The Bertz CT molecular complexity index is 1060. The molecule has 4 rings (SSSR count). The molecule has 1 aromatic heterocycles. The van der Waals surface area contributed by atoms with Gasteiger partial charge in [0.2, 0.25) is 5.91 Å². The molecule has 0 saturated carbocycles. The summed E-state index contributed by atoms with van der Waals surface area (Å²) in [7, 11) is 0. The highest BCUT2D eigenvalue weighted by Crippen LogP contribution is 2.16. The van der Waals surface area contributed by atoms with E-state index in [9.17, 15) is 14.0 Å². The smallest absolute Gasteiger partial charge is 0.256 e. The topological polar surface area (TPSA) is 66.1 Å². The fraction of sp³-hybridized carbons (Fsp3) is 0.261. The molecule has 1 aliphatic rings. The average molecular weight is 391 g/mol. The first-order valence-electron chi connectivity index (χ1n) is 9.75. The van der Waals surface area contributed by atoms with Crippen molar-refractivity contribution in [3.8, 4) is 0 Å². The molecular weight excluding hydrogens is 369 g/mol. The van der Waals surface area contributed by atoms with Crippen molar-refractivity contribution in [1.82, 2.24) is 14.9 Å². The summed E-state index contributed by atoms with van der Waals surface area (Å²) in [5.74, 6) is 0.316. The van der Waals surface area contributed by atoms with E-state index in [4.69, 9.17) is 0 Å². The van der Waals surface area contributed by atoms with Crippen LogP contribution in [0.4, 0.5) is 4.39 Å². The Morgan fingerprint density at radius 3 is 2.59 bits per heavy atom. The molecule has 29 heavy (non-hydrogen) atoms. The largest absolute Gasteiger partial charge is 0.338 e. The van der Waals surface area contributed by atoms with Crippen molar-refractivity contribution in [2.75, 3.05) is 6.54 Å². The molecule has 0 atom stereocenters. The summed E-state index contributed by atoms with van der Waals surface area (Å²) in [4.78, 5) is 34.3. The number of carbonyl (C=O) groups is 1. The number of aromatic nitrogens is 2. The quantitative estimate of drug-likeness (QED) is 0.727. The van der Waals surface area contributed by atoms with Crippen molar-refractivity contribution in [1.29, 1.82) is 0 Å². The maximum absolute atomic E-state index is 13.1. The lowest BCUT2D eigenvalue weighted by Crippen LogP contribution is -2.40. The van der Waals surface area contributed by atoms with E-state index in [1.165, 1.54) is 12.1 Å². The molecule has 2 heterocycles. The van der Waals surface area contributed by atoms with Gasteiger partial charge >= 0.3 is 0 Å². The van der Waals surface area contributed by atoms with Crippen LogP contribution in [-0.4, -0.2) is 27.3 Å². The fourth-order valence-corrected chi connectivity index (χ4v) is 3.62. The van der Waals surface area contributed by atoms with Gasteiger partial charge in [-0.05, 0) is 29.7 Å². The molecule has 0 saturated heterocycles. The Kier molecular flexibility index (Phi) is 5.51. The molecule has 6 heteroatoms. The van der Waals surface area contributed by atoms with E-state index in [0.717, 1.165) is 16.8 Å². The fourth-order valence-electron chi connectivity index (χ4n) is 3.62. The lowest BCUT2D eigenvalue weighted by molar-refractivity contribution is -0.132. The van der Waals surface area contributed by atoms with Gasteiger partial charge in [-0.25, -0.2) is 9.37 Å². The SMILES string of the molecule is O=C(CCc1ccccc1)N1CCc2nc(Cc3ccc(F)cc3)[nH]c(=O)c2C1. The van der Waals surface area contributed by atoms with Crippen LogP contribution < -0.4 is 5.56 Å². The predicted molar refractivity (Wildman–Crippen MR) is 108 cm³/mol. The van der Waals surface area contributed by atoms with Gasteiger partial charge in [0.25, 0.3) is 5.56 Å². The van der Waals surface area contributed by atoms with Gasteiger partial charge in [0, 0.05) is 25.8 Å². The number of hydrogen-bond acceptors (Lipinski definition) is 3. The molecular formula is C23H22FN3O2. The zero-order valence-electron chi connectivity index (χ0n) is 16.0. The number of aromatic amines is 1. The van der Waals surface area contributed by atoms with Crippen LogP contribution in [0, 0.1) is 5.82 Å². The number of fused-ring (bicyclic) bond motifs is 1. The third kappa shape index (κ3) is 4.59. The predicted octanol–water partition coefficient (Wildman–Crippen LogP) is 3.02. The lowest BCUT2D eigenvalue weighted by atomic mass is 10.0. The number of hydrogen-bond donors (Lipinski definition) is 1. The van der Waals surface area contributed by atoms with Crippen molar-refractivity contribution in [3.05, 3.63) is 99.0 Å². The summed E-state index contributed by atoms with van der Waals surface area (Å²) in [5, 5.41) is 0. The van der Waals surface area contributed by atoms with Gasteiger partial charge in [-0.15, -0.1) is 0 Å². The second kappa shape index (κ2) is 8.39. The minimum atomic E-state index is -0.294. The Morgan fingerprint density at radius 1 is 1.07 bits per heavy atom. The van der Waals surface area contributed by atoms with E-state index in [-0.39, 0.29) is 17.3 Å². The Balaban J connectivity index is 1.43. The zero-order chi connectivity index (χ0) is 20.2. The number of H-pyrrole nitrogens is 1. The summed E-state index contributed by atoms with van der Waals surface area (Å²) >= 11 is 0. The zero-order valence-corrected chi connectivity index (χ0v) is 16.0. The van der Waals surface area contributed by atoms with Crippen LogP contribution in [0.1, 0.15) is 34.6 Å². The molecule has 3 aromatic rings. The molecule has 1 amide bonds. The van der Waals surface area contributed by atoms with Crippen molar-refractivity contribution in [2.45, 2.75) is 32.2 Å². The molecule has 1 N–H and O–H groups in total. The van der Waals surface area contributed by atoms with Crippen LogP contribution in [0.15, 0.2) is 59.4 Å². The van der Waals surface area contributed by atoms with E-state index >= 15 is 0 Å². The van der Waals surface area contributed by atoms with Crippen LogP contribution in [-0.2, 0) is 30.6 Å². The van der Waals surface area contributed by atoms with E-state index in [1.54, 1.807) is 17.0 Å². The van der Waals surface area contributed by atoms with Crippen molar-refractivity contribution in [3.63, 3.8) is 0 Å². The van der Waals surface area contributed by atoms with Gasteiger partial charge in [-0.1, -0.05) is 42.5 Å². The molecule has 0 bridgehead atoms. The number of aryl methyl sites for hydroxylation is 1. The third-order valence-corrected chi connectivity index (χ3v) is 5.23. The van der Waals surface area contributed by atoms with Gasteiger partial charge < -0.3 is 9.88 Å².